The quantitative estimate of drug-likeness (QED) is 0.693. The van der Waals surface area contributed by atoms with E-state index in [4.69, 9.17) is 4.74 Å². The van der Waals surface area contributed by atoms with Crippen molar-refractivity contribution in [1.82, 2.24) is 4.90 Å². The third-order valence-corrected chi connectivity index (χ3v) is 6.75. The van der Waals surface area contributed by atoms with Gasteiger partial charge in [0, 0.05) is 25.0 Å². The van der Waals surface area contributed by atoms with Crippen LogP contribution >= 0.6 is 0 Å². The molecule has 2 aliphatic rings. The summed E-state index contributed by atoms with van der Waals surface area (Å²) in [5, 5.41) is 21.6. The molecule has 1 aliphatic heterocycles. The number of nitrogens with zero attached hydrogens (tertiary/aromatic N) is 1. The Bertz CT molecular complexity index is 866. The Morgan fingerprint density at radius 1 is 1.13 bits per heavy atom. The lowest BCUT2D eigenvalue weighted by Gasteiger charge is -2.52. The van der Waals surface area contributed by atoms with Gasteiger partial charge in [0.05, 0.1) is 12.2 Å². The lowest BCUT2D eigenvalue weighted by atomic mass is 9.66. The van der Waals surface area contributed by atoms with Crippen molar-refractivity contribution in [3.63, 3.8) is 0 Å². The van der Waals surface area contributed by atoms with Crippen molar-refractivity contribution >= 4 is 6.08 Å². The van der Waals surface area contributed by atoms with Crippen LogP contribution in [0.1, 0.15) is 56.2 Å². The molecule has 0 spiro atoms. The normalized spacial score (nSPS) is 27.1. The molecule has 4 rings (SSSR count). The number of aromatic hydroxyl groups is 1. The minimum Gasteiger partial charge on any atom is -0.504 e. The second-order valence-corrected chi connectivity index (χ2v) is 8.62. The molecule has 3 atom stereocenters. The van der Waals surface area contributed by atoms with E-state index in [-0.39, 0.29) is 17.7 Å². The molecule has 3 unspecified atom stereocenters. The van der Waals surface area contributed by atoms with E-state index in [0.29, 0.717) is 12.4 Å². The summed E-state index contributed by atoms with van der Waals surface area (Å²) >= 11 is 0. The second kappa shape index (κ2) is 9.23. The molecule has 1 saturated carbocycles. The van der Waals surface area contributed by atoms with Crippen molar-refractivity contribution in [3.05, 3.63) is 65.7 Å². The summed E-state index contributed by atoms with van der Waals surface area (Å²) in [7, 11) is 0. The lowest BCUT2D eigenvalue weighted by molar-refractivity contribution is -0.122. The molecular formula is C26H33NO3. The highest BCUT2D eigenvalue weighted by Gasteiger charge is 2.48. The highest BCUT2D eigenvalue weighted by molar-refractivity contribution is 5.49. The van der Waals surface area contributed by atoms with Crippen LogP contribution in [0.3, 0.4) is 0 Å². The topological polar surface area (TPSA) is 52.9 Å². The van der Waals surface area contributed by atoms with Crippen molar-refractivity contribution in [1.29, 1.82) is 0 Å². The minimum atomic E-state index is -0.591. The van der Waals surface area contributed by atoms with E-state index in [0.717, 1.165) is 50.8 Å². The first-order valence-electron chi connectivity index (χ1n) is 11.2. The van der Waals surface area contributed by atoms with E-state index in [9.17, 15) is 10.2 Å². The maximum Gasteiger partial charge on any atom is 0.161 e. The van der Waals surface area contributed by atoms with Crippen LogP contribution in [0.4, 0.5) is 0 Å². The summed E-state index contributed by atoms with van der Waals surface area (Å²) in [5.74, 6) is 0.898. The molecule has 0 bridgehead atoms. The average molecular weight is 408 g/mol. The number of aliphatic hydroxyl groups is 1. The Labute approximate surface area is 179 Å². The van der Waals surface area contributed by atoms with Gasteiger partial charge in [-0.3, -0.25) is 4.90 Å². The fourth-order valence-corrected chi connectivity index (χ4v) is 5.26. The zero-order chi connectivity index (χ0) is 21.0. The van der Waals surface area contributed by atoms with Crippen molar-refractivity contribution in [2.24, 2.45) is 5.92 Å². The van der Waals surface area contributed by atoms with Crippen LogP contribution in [0.2, 0.25) is 0 Å². The molecule has 4 nitrogen and oxygen atoms in total. The van der Waals surface area contributed by atoms with E-state index in [1.165, 1.54) is 5.56 Å². The Morgan fingerprint density at radius 2 is 1.97 bits per heavy atom. The van der Waals surface area contributed by atoms with Gasteiger partial charge in [-0.05, 0) is 49.4 Å². The number of hydrogen-bond acceptors (Lipinski definition) is 4. The molecule has 2 fully saturated rings. The predicted molar refractivity (Wildman–Crippen MR) is 121 cm³/mol. The van der Waals surface area contributed by atoms with Crippen LogP contribution < -0.4 is 4.74 Å². The number of likely N-dealkylation sites (tertiary alicyclic amines) is 1. The van der Waals surface area contributed by atoms with Gasteiger partial charge in [-0.25, -0.2) is 0 Å². The van der Waals surface area contributed by atoms with E-state index >= 15 is 0 Å². The number of phenols is 1. The van der Waals surface area contributed by atoms with E-state index < -0.39 is 5.60 Å². The minimum absolute atomic E-state index is 0.115. The summed E-state index contributed by atoms with van der Waals surface area (Å²) in [4.78, 5) is 2.48. The lowest BCUT2D eigenvalue weighted by Crippen LogP contribution is -2.54. The molecule has 0 radical (unpaired) electrons. The number of phenolic OH excluding ortho intramolecular Hbond substituents is 1. The number of piperidine rings is 1. The summed E-state index contributed by atoms with van der Waals surface area (Å²) in [5.41, 5.74) is 1.73. The first-order valence-corrected chi connectivity index (χ1v) is 11.2. The van der Waals surface area contributed by atoms with E-state index in [1.54, 1.807) is 6.07 Å². The molecule has 4 heteroatoms. The van der Waals surface area contributed by atoms with Gasteiger partial charge in [0.15, 0.2) is 11.5 Å². The van der Waals surface area contributed by atoms with Crippen LogP contribution in [-0.2, 0) is 0 Å². The van der Waals surface area contributed by atoms with Crippen LogP contribution in [0, 0.1) is 5.92 Å². The molecule has 30 heavy (non-hydrogen) atoms. The fraction of sp³-hybridized carbons (Fsp3) is 0.462. The molecule has 1 saturated heterocycles. The highest BCUT2D eigenvalue weighted by Crippen LogP contribution is 2.50. The smallest absolute Gasteiger partial charge is 0.161 e. The monoisotopic (exact) mass is 407 g/mol. The zero-order valence-electron chi connectivity index (χ0n) is 17.8. The number of rotatable bonds is 6. The summed E-state index contributed by atoms with van der Waals surface area (Å²) in [6.45, 7) is 4.13. The van der Waals surface area contributed by atoms with Gasteiger partial charge in [-0.1, -0.05) is 61.4 Å². The Balaban J connectivity index is 1.63. The van der Waals surface area contributed by atoms with Gasteiger partial charge in [0.25, 0.3) is 0 Å². The predicted octanol–water partition coefficient (Wildman–Crippen LogP) is 5.17. The van der Waals surface area contributed by atoms with E-state index in [1.807, 2.05) is 25.1 Å². The van der Waals surface area contributed by atoms with Gasteiger partial charge in [-0.15, -0.1) is 0 Å². The van der Waals surface area contributed by atoms with Crippen molar-refractivity contribution in [2.45, 2.75) is 50.7 Å². The Morgan fingerprint density at radius 3 is 2.77 bits per heavy atom. The van der Waals surface area contributed by atoms with Crippen LogP contribution in [0.25, 0.3) is 6.08 Å². The zero-order valence-corrected chi connectivity index (χ0v) is 17.8. The summed E-state index contributed by atoms with van der Waals surface area (Å²) in [6.07, 6.45) is 9.40. The molecule has 1 aliphatic carbocycles. The molecular weight excluding hydrogens is 374 g/mol. The van der Waals surface area contributed by atoms with Gasteiger partial charge in [0.1, 0.15) is 0 Å². The number of benzene rings is 2. The van der Waals surface area contributed by atoms with Crippen LogP contribution in [0.15, 0.2) is 54.6 Å². The Kier molecular flexibility index (Phi) is 6.45. The van der Waals surface area contributed by atoms with Gasteiger partial charge < -0.3 is 14.9 Å². The fourth-order valence-electron chi connectivity index (χ4n) is 5.26. The third-order valence-electron chi connectivity index (χ3n) is 6.75. The first kappa shape index (κ1) is 21.0. The summed E-state index contributed by atoms with van der Waals surface area (Å²) in [6, 6.07) is 16.2. The van der Waals surface area contributed by atoms with E-state index in [2.05, 4.69) is 41.3 Å². The maximum atomic E-state index is 11.4. The third kappa shape index (κ3) is 4.40. The summed E-state index contributed by atoms with van der Waals surface area (Å²) < 4.78 is 5.66. The second-order valence-electron chi connectivity index (χ2n) is 8.62. The van der Waals surface area contributed by atoms with Gasteiger partial charge >= 0.3 is 0 Å². The molecule has 160 valence electrons. The molecule has 0 amide bonds. The van der Waals surface area contributed by atoms with Crippen molar-refractivity contribution < 1.29 is 14.9 Å². The standard InChI is InChI=1S/C26H33NO3/c1-2-30-24-19-21(13-14-23(24)28)25-22-12-6-7-15-26(22,29)16-18-27(25)17-8-11-20-9-4-3-5-10-20/h3-5,8-11,13-14,19,22,25,28-29H,2,6-7,12,15-18H2,1H3. The number of ether oxygens (including phenoxy) is 1. The van der Waals surface area contributed by atoms with Crippen molar-refractivity contribution in [2.75, 3.05) is 19.7 Å². The first-order chi connectivity index (χ1) is 14.6. The number of hydrogen-bond donors (Lipinski definition) is 2. The van der Waals surface area contributed by atoms with Crippen LogP contribution in [0.5, 0.6) is 11.5 Å². The SMILES string of the molecule is CCOc1cc(C2C3CCCCC3(O)CCN2CC=Cc2ccccc2)ccc1O. The van der Waals surface area contributed by atoms with Crippen LogP contribution in [-0.4, -0.2) is 40.4 Å². The molecule has 1 heterocycles. The van der Waals surface area contributed by atoms with Gasteiger partial charge in [-0.2, -0.15) is 0 Å². The average Bonchev–Trinajstić information content (AvgIpc) is 2.76. The van der Waals surface area contributed by atoms with Gasteiger partial charge in [0.2, 0.25) is 0 Å². The molecule has 0 aromatic heterocycles. The Hall–Kier alpha value is -2.30. The number of fused-ring (bicyclic) bond motifs is 1. The maximum absolute atomic E-state index is 11.4. The highest BCUT2D eigenvalue weighted by atomic mass is 16.5. The van der Waals surface area contributed by atoms with Crippen molar-refractivity contribution in [3.8, 4) is 11.5 Å². The molecule has 2 N–H and O–H groups in total. The molecule has 2 aromatic rings. The molecule has 2 aromatic carbocycles. The largest absolute Gasteiger partial charge is 0.504 e.